The number of amides is 4. The summed E-state index contributed by atoms with van der Waals surface area (Å²) in [6, 6.07) is 63.3. The SMILES string of the molecule is CCC(=O)Nc1c(-c2cccc3cccc(-c4ccc(C(=O)N[C@H](C)c5ccccc5)cc4)c23)ccc(-c2cccc3cccc(-c4ccc(C(=O)N[C@H](C)c5ccccc5)cc4)c23)c1NC(=O)CC. The first kappa shape index (κ1) is 46.5. The van der Waals surface area contributed by atoms with Crippen LogP contribution in [-0.2, 0) is 9.59 Å². The van der Waals surface area contributed by atoms with Crippen molar-refractivity contribution in [2.24, 2.45) is 0 Å². The van der Waals surface area contributed by atoms with E-state index in [0.717, 1.165) is 77.2 Å². The second kappa shape index (κ2) is 20.7. The van der Waals surface area contributed by atoms with Gasteiger partial charge in [0.1, 0.15) is 0 Å². The average molecular weight is 919 g/mol. The van der Waals surface area contributed by atoms with Crippen LogP contribution in [0.15, 0.2) is 194 Å². The van der Waals surface area contributed by atoms with Gasteiger partial charge in [-0.2, -0.15) is 0 Å². The maximum absolute atomic E-state index is 13.7. The van der Waals surface area contributed by atoms with Crippen molar-refractivity contribution in [2.75, 3.05) is 10.6 Å². The third-order valence-electron chi connectivity index (χ3n) is 13.0. The van der Waals surface area contributed by atoms with E-state index in [4.69, 9.17) is 0 Å². The van der Waals surface area contributed by atoms with Gasteiger partial charge in [0.05, 0.1) is 23.5 Å². The molecule has 0 aliphatic carbocycles. The van der Waals surface area contributed by atoms with E-state index in [1.807, 2.05) is 172 Å². The zero-order valence-corrected chi connectivity index (χ0v) is 39.7. The van der Waals surface area contributed by atoms with Crippen molar-refractivity contribution >= 4 is 56.5 Å². The monoisotopic (exact) mass is 918 g/mol. The quantitative estimate of drug-likeness (QED) is 0.0869. The van der Waals surface area contributed by atoms with E-state index in [0.29, 0.717) is 22.5 Å². The molecular weight excluding hydrogens is 865 g/mol. The van der Waals surface area contributed by atoms with Gasteiger partial charge in [-0.15, -0.1) is 0 Å². The van der Waals surface area contributed by atoms with Crippen molar-refractivity contribution in [3.05, 3.63) is 216 Å². The van der Waals surface area contributed by atoms with Crippen molar-refractivity contribution in [2.45, 2.75) is 52.6 Å². The first-order chi connectivity index (χ1) is 34.1. The van der Waals surface area contributed by atoms with E-state index in [1.165, 1.54) is 0 Å². The van der Waals surface area contributed by atoms with E-state index in [-0.39, 0.29) is 48.6 Å². The van der Waals surface area contributed by atoms with Crippen LogP contribution in [0.25, 0.3) is 66.1 Å². The molecule has 0 bridgehead atoms. The minimum absolute atomic E-state index is 0.161. The third-order valence-corrected chi connectivity index (χ3v) is 13.0. The van der Waals surface area contributed by atoms with Gasteiger partial charge in [-0.25, -0.2) is 0 Å². The second-order valence-electron chi connectivity index (χ2n) is 17.5. The molecule has 0 spiro atoms. The maximum atomic E-state index is 13.7. The Labute approximate surface area is 408 Å². The lowest BCUT2D eigenvalue weighted by Crippen LogP contribution is -2.26. The summed E-state index contributed by atoms with van der Waals surface area (Å²) in [4.78, 5) is 54.2. The topological polar surface area (TPSA) is 116 Å². The number of anilines is 2. The van der Waals surface area contributed by atoms with Crippen LogP contribution >= 0.6 is 0 Å². The Hall–Kier alpha value is -8.62. The van der Waals surface area contributed by atoms with E-state index in [2.05, 4.69) is 57.7 Å². The first-order valence-electron chi connectivity index (χ1n) is 23.8. The van der Waals surface area contributed by atoms with Crippen LogP contribution in [0.2, 0.25) is 0 Å². The molecule has 0 aliphatic heterocycles. The number of hydrogen-bond acceptors (Lipinski definition) is 4. The molecule has 0 fully saturated rings. The van der Waals surface area contributed by atoms with Gasteiger partial charge in [-0.3, -0.25) is 19.2 Å². The minimum atomic E-state index is -0.206. The Morgan fingerprint density at radius 2 is 0.714 bits per heavy atom. The molecule has 0 radical (unpaired) electrons. The zero-order chi connectivity index (χ0) is 48.7. The highest BCUT2D eigenvalue weighted by atomic mass is 16.2. The summed E-state index contributed by atoms with van der Waals surface area (Å²) in [5.74, 6) is -0.737. The van der Waals surface area contributed by atoms with Crippen LogP contribution in [0, 0.1) is 0 Å². The molecule has 0 heterocycles. The summed E-state index contributed by atoms with van der Waals surface area (Å²) in [6.45, 7) is 7.56. The van der Waals surface area contributed by atoms with Gasteiger partial charge < -0.3 is 21.3 Å². The van der Waals surface area contributed by atoms with Gasteiger partial charge in [0.2, 0.25) is 11.8 Å². The third kappa shape index (κ3) is 9.71. The molecule has 0 unspecified atom stereocenters. The fourth-order valence-electron chi connectivity index (χ4n) is 9.19. The summed E-state index contributed by atoms with van der Waals surface area (Å²) in [5.41, 5.74) is 11.0. The standard InChI is InChI=1S/C62H54N4O4/c1-5-55(67)65-59-53(51-27-15-23-45-21-13-25-49(57(45)51)43-29-33-47(34-30-43)61(69)63-39(3)41-17-9-7-10-18-41)37-38-54(60(59)66-56(68)6-2)52-28-16-24-46-22-14-26-50(58(46)52)44-31-35-48(36-32-44)62(70)64-40(4)42-19-11-8-12-20-42/h7-40H,5-6H2,1-4H3,(H,63,69)(H,64,70)(H,65,67)(H,66,68)/t39-,40-/m1/s1. The normalized spacial score (nSPS) is 11.9. The number of rotatable bonds is 14. The first-order valence-corrected chi connectivity index (χ1v) is 23.8. The van der Waals surface area contributed by atoms with Crippen LogP contribution in [0.5, 0.6) is 0 Å². The molecule has 8 heteroatoms. The van der Waals surface area contributed by atoms with Crippen LogP contribution in [0.4, 0.5) is 11.4 Å². The number of carbonyl (C=O) groups excluding carboxylic acids is 4. The highest BCUT2D eigenvalue weighted by molar-refractivity contribution is 6.17. The number of carbonyl (C=O) groups is 4. The molecule has 0 aliphatic rings. The van der Waals surface area contributed by atoms with Crippen LogP contribution < -0.4 is 21.3 Å². The van der Waals surface area contributed by atoms with Gasteiger partial charge in [-0.05, 0) is 104 Å². The Morgan fingerprint density at radius 1 is 0.371 bits per heavy atom. The van der Waals surface area contributed by atoms with Crippen LogP contribution in [0.1, 0.15) is 84.5 Å². The molecule has 346 valence electrons. The van der Waals surface area contributed by atoms with Crippen molar-refractivity contribution in [3.63, 3.8) is 0 Å². The van der Waals surface area contributed by atoms with E-state index in [9.17, 15) is 19.2 Å². The van der Waals surface area contributed by atoms with Gasteiger partial charge in [0, 0.05) is 35.1 Å². The Morgan fingerprint density at radius 3 is 1.06 bits per heavy atom. The lowest BCUT2D eigenvalue weighted by atomic mass is 9.87. The van der Waals surface area contributed by atoms with Gasteiger partial charge in [0.25, 0.3) is 11.8 Å². The lowest BCUT2D eigenvalue weighted by Gasteiger charge is -2.23. The average Bonchev–Trinajstić information content (AvgIpc) is 3.41. The number of fused-ring (bicyclic) bond motifs is 2. The van der Waals surface area contributed by atoms with E-state index >= 15 is 0 Å². The number of nitrogens with one attached hydrogen (secondary N) is 4. The zero-order valence-electron chi connectivity index (χ0n) is 39.7. The van der Waals surface area contributed by atoms with Gasteiger partial charge in [0.15, 0.2) is 0 Å². The molecule has 4 N–H and O–H groups in total. The number of benzene rings is 9. The molecule has 0 saturated heterocycles. The predicted octanol–water partition coefficient (Wildman–Crippen LogP) is 14.3. The van der Waals surface area contributed by atoms with E-state index in [1.54, 1.807) is 13.8 Å². The fraction of sp³-hybridized carbons (Fsp3) is 0.129. The van der Waals surface area contributed by atoms with Crippen LogP contribution in [-0.4, -0.2) is 23.6 Å². The summed E-state index contributed by atoms with van der Waals surface area (Å²) in [6.07, 6.45) is 0.431. The summed E-state index contributed by atoms with van der Waals surface area (Å²) in [5, 5.41) is 16.6. The molecule has 9 rings (SSSR count). The van der Waals surface area contributed by atoms with Gasteiger partial charge >= 0.3 is 0 Å². The predicted molar refractivity (Wildman–Crippen MR) is 286 cm³/mol. The van der Waals surface area contributed by atoms with Crippen molar-refractivity contribution in [1.29, 1.82) is 0 Å². The molecule has 4 amide bonds. The number of hydrogen-bond donors (Lipinski definition) is 4. The van der Waals surface area contributed by atoms with Gasteiger partial charge in [-0.1, -0.05) is 184 Å². The highest BCUT2D eigenvalue weighted by Crippen LogP contribution is 2.48. The minimum Gasteiger partial charge on any atom is -0.346 e. The lowest BCUT2D eigenvalue weighted by molar-refractivity contribution is -0.116. The molecule has 70 heavy (non-hydrogen) atoms. The molecule has 9 aromatic carbocycles. The molecule has 9 aromatic rings. The molecule has 8 nitrogen and oxygen atoms in total. The smallest absolute Gasteiger partial charge is 0.251 e. The summed E-state index contributed by atoms with van der Waals surface area (Å²) < 4.78 is 0. The van der Waals surface area contributed by atoms with Crippen molar-refractivity contribution < 1.29 is 19.2 Å². The second-order valence-corrected chi connectivity index (χ2v) is 17.5. The molecule has 0 saturated carbocycles. The molecular formula is C62H54N4O4. The summed E-state index contributed by atoms with van der Waals surface area (Å²) in [7, 11) is 0. The Balaban J connectivity index is 1.14. The maximum Gasteiger partial charge on any atom is 0.251 e. The molecule has 0 aromatic heterocycles. The summed E-state index contributed by atoms with van der Waals surface area (Å²) >= 11 is 0. The Bertz CT molecular complexity index is 3150. The van der Waals surface area contributed by atoms with Crippen molar-refractivity contribution in [3.8, 4) is 44.5 Å². The Kier molecular flexibility index (Phi) is 13.8. The highest BCUT2D eigenvalue weighted by Gasteiger charge is 2.24. The molecule has 2 atom stereocenters. The fourth-order valence-corrected chi connectivity index (χ4v) is 9.19. The largest absolute Gasteiger partial charge is 0.346 e. The van der Waals surface area contributed by atoms with Crippen molar-refractivity contribution in [1.82, 2.24) is 10.6 Å². The van der Waals surface area contributed by atoms with E-state index < -0.39 is 0 Å². The van der Waals surface area contributed by atoms with Crippen LogP contribution in [0.3, 0.4) is 0 Å².